The van der Waals surface area contributed by atoms with E-state index < -0.39 is 0 Å². The summed E-state index contributed by atoms with van der Waals surface area (Å²) in [6.45, 7) is 6.43. The van der Waals surface area contributed by atoms with Crippen molar-refractivity contribution >= 4 is 17.6 Å². The van der Waals surface area contributed by atoms with Crippen molar-refractivity contribution in [2.45, 2.75) is 52.2 Å². The molecule has 0 aliphatic carbocycles. The fourth-order valence-electron chi connectivity index (χ4n) is 2.78. The molecule has 0 spiro atoms. The van der Waals surface area contributed by atoms with Gasteiger partial charge in [0.05, 0.1) is 23.5 Å². The molecule has 2 heterocycles. The molecule has 0 amide bonds. The topological polar surface area (TPSA) is 47.4 Å². The number of carbonyl (C=O) groups is 1. The van der Waals surface area contributed by atoms with E-state index in [4.69, 9.17) is 16.3 Å². The van der Waals surface area contributed by atoms with Crippen LogP contribution >= 0.6 is 11.6 Å². The number of hydrogen-bond acceptors (Lipinski definition) is 4. The quantitative estimate of drug-likeness (QED) is 0.783. The summed E-state index contributed by atoms with van der Waals surface area (Å²) in [6, 6.07) is -0.152. The van der Waals surface area contributed by atoms with Crippen molar-refractivity contribution in [1.82, 2.24) is 14.7 Å². The van der Waals surface area contributed by atoms with Crippen molar-refractivity contribution in [3.63, 3.8) is 0 Å². The number of ether oxygens (including phenoxy) is 1. The van der Waals surface area contributed by atoms with Crippen LogP contribution in [0.5, 0.6) is 0 Å². The highest BCUT2D eigenvalue weighted by atomic mass is 35.5. The second-order valence-electron chi connectivity index (χ2n) is 5.03. The zero-order valence-electron chi connectivity index (χ0n) is 12.4. The average Bonchev–Trinajstić information content (AvgIpc) is 3.04. The van der Waals surface area contributed by atoms with Gasteiger partial charge < -0.3 is 4.74 Å². The number of nitrogens with zero attached hydrogens (tertiary/aromatic N) is 3. The fourth-order valence-corrected chi connectivity index (χ4v) is 3.11. The maximum atomic E-state index is 11.8. The smallest absolute Gasteiger partial charge is 0.323 e. The summed E-state index contributed by atoms with van der Waals surface area (Å²) >= 11 is 6.42. The molecule has 0 radical (unpaired) electrons. The van der Waals surface area contributed by atoms with Crippen molar-refractivity contribution in [1.29, 1.82) is 0 Å². The van der Waals surface area contributed by atoms with Gasteiger partial charge in [0, 0.05) is 13.1 Å². The Hall–Kier alpha value is -1.07. The van der Waals surface area contributed by atoms with Gasteiger partial charge in [-0.3, -0.25) is 14.4 Å². The predicted molar refractivity (Wildman–Crippen MR) is 77.7 cm³/mol. The Morgan fingerprint density at radius 2 is 2.25 bits per heavy atom. The highest BCUT2D eigenvalue weighted by Crippen LogP contribution is 2.27. The minimum absolute atomic E-state index is 0.152. The highest BCUT2D eigenvalue weighted by Gasteiger charge is 2.32. The molecule has 1 unspecified atom stereocenters. The van der Waals surface area contributed by atoms with Crippen LogP contribution in [-0.2, 0) is 29.0 Å². The number of aryl methyl sites for hydroxylation is 2. The normalized spacial score (nSPS) is 19.5. The Morgan fingerprint density at radius 1 is 1.50 bits per heavy atom. The van der Waals surface area contributed by atoms with Crippen LogP contribution in [0.2, 0.25) is 5.02 Å². The SMILES string of the molecule is CCc1nn(CC)c(CN2CCCC2C(=O)OC)c1Cl. The average molecular weight is 300 g/mol. The molecule has 112 valence electrons. The van der Waals surface area contributed by atoms with Crippen LogP contribution in [0.4, 0.5) is 0 Å². The van der Waals surface area contributed by atoms with E-state index in [1.807, 2.05) is 18.5 Å². The van der Waals surface area contributed by atoms with Crippen LogP contribution in [0.25, 0.3) is 0 Å². The number of esters is 1. The first-order chi connectivity index (χ1) is 9.62. The van der Waals surface area contributed by atoms with E-state index in [2.05, 4.69) is 10.00 Å². The van der Waals surface area contributed by atoms with Crippen LogP contribution < -0.4 is 0 Å². The van der Waals surface area contributed by atoms with Crippen molar-refractivity contribution in [2.75, 3.05) is 13.7 Å². The molecular formula is C14H22ClN3O2. The van der Waals surface area contributed by atoms with Gasteiger partial charge in [0.25, 0.3) is 0 Å². The van der Waals surface area contributed by atoms with Gasteiger partial charge in [-0.25, -0.2) is 0 Å². The molecule has 1 aromatic heterocycles. The van der Waals surface area contributed by atoms with E-state index in [9.17, 15) is 4.79 Å². The molecule has 1 fully saturated rings. The van der Waals surface area contributed by atoms with Crippen LogP contribution in [0, 0.1) is 0 Å². The van der Waals surface area contributed by atoms with Crippen molar-refractivity contribution in [2.24, 2.45) is 0 Å². The number of carbonyl (C=O) groups excluding carboxylic acids is 1. The van der Waals surface area contributed by atoms with Gasteiger partial charge in [-0.2, -0.15) is 5.10 Å². The molecule has 0 bridgehead atoms. The summed E-state index contributed by atoms with van der Waals surface area (Å²) in [4.78, 5) is 13.9. The van der Waals surface area contributed by atoms with Gasteiger partial charge in [-0.05, 0) is 32.7 Å². The Balaban J connectivity index is 2.21. The number of methoxy groups -OCH3 is 1. The summed E-state index contributed by atoms with van der Waals surface area (Å²) in [7, 11) is 1.44. The van der Waals surface area contributed by atoms with E-state index in [1.54, 1.807) is 0 Å². The zero-order valence-corrected chi connectivity index (χ0v) is 13.1. The largest absolute Gasteiger partial charge is 0.468 e. The Morgan fingerprint density at radius 3 is 2.85 bits per heavy atom. The van der Waals surface area contributed by atoms with Crippen molar-refractivity contribution in [3.05, 3.63) is 16.4 Å². The van der Waals surface area contributed by atoms with Crippen molar-refractivity contribution in [3.8, 4) is 0 Å². The fraction of sp³-hybridized carbons (Fsp3) is 0.714. The number of hydrogen-bond donors (Lipinski definition) is 0. The maximum absolute atomic E-state index is 11.8. The third-order valence-corrected chi connectivity index (χ3v) is 4.32. The minimum atomic E-state index is -0.156. The number of rotatable bonds is 5. The summed E-state index contributed by atoms with van der Waals surface area (Å²) < 4.78 is 6.82. The van der Waals surface area contributed by atoms with Gasteiger partial charge in [0.15, 0.2) is 0 Å². The molecule has 2 rings (SSSR count). The molecule has 5 nitrogen and oxygen atoms in total. The molecule has 1 aromatic rings. The lowest BCUT2D eigenvalue weighted by molar-refractivity contribution is -0.146. The van der Waals surface area contributed by atoms with Crippen LogP contribution in [0.3, 0.4) is 0 Å². The second-order valence-corrected chi connectivity index (χ2v) is 5.41. The van der Waals surface area contributed by atoms with Crippen LogP contribution in [-0.4, -0.2) is 40.3 Å². The Bertz CT molecular complexity index is 487. The molecule has 0 N–H and O–H groups in total. The van der Waals surface area contributed by atoms with E-state index in [1.165, 1.54) is 7.11 Å². The highest BCUT2D eigenvalue weighted by molar-refractivity contribution is 6.31. The summed E-state index contributed by atoms with van der Waals surface area (Å²) in [5.41, 5.74) is 1.93. The first kappa shape index (κ1) is 15.3. The lowest BCUT2D eigenvalue weighted by Gasteiger charge is -2.22. The van der Waals surface area contributed by atoms with Gasteiger partial charge in [-0.1, -0.05) is 18.5 Å². The third kappa shape index (κ3) is 2.83. The van der Waals surface area contributed by atoms with E-state index in [0.29, 0.717) is 6.54 Å². The Labute approximate surface area is 124 Å². The molecule has 1 atom stereocenters. The maximum Gasteiger partial charge on any atom is 0.323 e. The molecule has 0 saturated carbocycles. The Kier molecular flexibility index (Phi) is 5.05. The number of halogens is 1. The van der Waals surface area contributed by atoms with Gasteiger partial charge in [-0.15, -0.1) is 0 Å². The molecule has 1 aliphatic rings. The molecular weight excluding hydrogens is 278 g/mol. The second kappa shape index (κ2) is 6.59. The lowest BCUT2D eigenvalue weighted by Crippen LogP contribution is -2.36. The first-order valence-corrected chi connectivity index (χ1v) is 7.56. The van der Waals surface area contributed by atoms with E-state index >= 15 is 0 Å². The lowest BCUT2D eigenvalue weighted by atomic mass is 10.2. The monoisotopic (exact) mass is 299 g/mol. The van der Waals surface area contributed by atoms with Crippen LogP contribution in [0.15, 0.2) is 0 Å². The number of aromatic nitrogens is 2. The zero-order chi connectivity index (χ0) is 14.7. The van der Waals surface area contributed by atoms with Gasteiger partial charge >= 0.3 is 5.97 Å². The summed E-state index contributed by atoms with van der Waals surface area (Å²) in [5.74, 6) is -0.156. The number of likely N-dealkylation sites (tertiary alicyclic amines) is 1. The molecule has 20 heavy (non-hydrogen) atoms. The molecule has 1 aliphatic heterocycles. The third-order valence-electron chi connectivity index (χ3n) is 3.88. The predicted octanol–water partition coefficient (Wildman–Crippen LogP) is 2.26. The van der Waals surface area contributed by atoms with E-state index in [0.717, 1.165) is 48.8 Å². The van der Waals surface area contributed by atoms with Crippen molar-refractivity contribution < 1.29 is 9.53 Å². The minimum Gasteiger partial charge on any atom is -0.468 e. The van der Waals surface area contributed by atoms with Gasteiger partial charge in [0.2, 0.25) is 0 Å². The van der Waals surface area contributed by atoms with Crippen LogP contribution in [0.1, 0.15) is 38.1 Å². The standard InChI is InChI=1S/C14H22ClN3O2/c1-4-10-13(15)12(18(5-2)16-10)9-17-8-6-7-11(17)14(19)20-3/h11H,4-9H2,1-3H3. The van der Waals surface area contributed by atoms with Gasteiger partial charge in [0.1, 0.15) is 6.04 Å². The molecule has 0 aromatic carbocycles. The summed E-state index contributed by atoms with van der Waals surface area (Å²) in [5, 5.41) is 5.26. The summed E-state index contributed by atoms with van der Waals surface area (Å²) in [6.07, 6.45) is 2.68. The first-order valence-electron chi connectivity index (χ1n) is 7.18. The van der Waals surface area contributed by atoms with E-state index in [-0.39, 0.29) is 12.0 Å². The molecule has 6 heteroatoms. The molecule has 1 saturated heterocycles.